The van der Waals surface area contributed by atoms with Crippen LogP contribution < -0.4 is 16.2 Å². The van der Waals surface area contributed by atoms with Crippen LogP contribution in [0.1, 0.15) is 43.4 Å². The van der Waals surface area contributed by atoms with E-state index >= 15 is 0 Å². The third-order valence-electron chi connectivity index (χ3n) is 2.80. The Balaban J connectivity index is 0.00000256. The number of methoxy groups -OCH3 is 1. The predicted molar refractivity (Wildman–Crippen MR) is 74.9 cm³/mol. The Bertz CT molecular complexity index is 342. The van der Waals surface area contributed by atoms with Crippen LogP contribution >= 0.6 is 12.4 Å². The van der Waals surface area contributed by atoms with Gasteiger partial charge in [-0.15, -0.1) is 12.4 Å². The molecule has 0 aliphatic heterocycles. The van der Waals surface area contributed by atoms with Crippen LogP contribution in [0.3, 0.4) is 0 Å². The molecule has 0 fully saturated rings. The van der Waals surface area contributed by atoms with Crippen LogP contribution in [0.15, 0.2) is 18.2 Å². The fraction of sp³-hybridized carbons (Fsp3) is 0.538. The molecule has 4 N–H and O–H groups in total. The first kappa shape index (κ1) is 16.2. The molecule has 4 heteroatoms. The van der Waals surface area contributed by atoms with E-state index in [1.54, 1.807) is 7.11 Å². The third-order valence-corrected chi connectivity index (χ3v) is 2.80. The largest absolute Gasteiger partial charge is 0.496 e. The van der Waals surface area contributed by atoms with Gasteiger partial charge in [-0.05, 0) is 30.5 Å². The maximum absolute atomic E-state index is 6.09. The lowest BCUT2D eigenvalue weighted by atomic mass is 9.96. The van der Waals surface area contributed by atoms with Gasteiger partial charge in [0.25, 0.3) is 0 Å². The normalized spacial score (nSPS) is 12.1. The molecule has 17 heavy (non-hydrogen) atoms. The Hall–Kier alpha value is -0.770. The first-order chi connectivity index (χ1) is 7.60. The minimum atomic E-state index is -0.0429. The zero-order valence-electron chi connectivity index (χ0n) is 10.8. The molecule has 0 aliphatic rings. The maximum atomic E-state index is 6.09. The van der Waals surface area contributed by atoms with Crippen molar-refractivity contribution in [2.24, 2.45) is 11.5 Å². The standard InChI is InChI=1S/C13H22N2O.ClH/c1-9(2)10-4-5-13(16-3)11(8-10)12(15)6-7-14;/h4-5,8-9,12H,6-7,14-15H2,1-3H3;1H/t12-;/m0./s1. The number of benzene rings is 1. The van der Waals surface area contributed by atoms with E-state index in [4.69, 9.17) is 16.2 Å². The quantitative estimate of drug-likeness (QED) is 0.853. The fourth-order valence-electron chi connectivity index (χ4n) is 1.74. The highest BCUT2D eigenvalue weighted by atomic mass is 35.5. The minimum Gasteiger partial charge on any atom is -0.496 e. The van der Waals surface area contributed by atoms with E-state index in [0.29, 0.717) is 12.5 Å². The number of hydrogen-bond acceptors (Lipinski definition) is 3. The highest BCUT2D eigenvalue weighted by Crippen LogP contribution is 2.29. The average Bonchev–Trinajstić information content (AvgIpc) is 2.28. The maximum Gasteiger partial charge on any atom is 0.123 e. The molecule has 98 valence electrons. The van der Waals surface area contributed by atoms with Crippen molar-refractivity contribution in [1.82, 2.24) is 0 Å². The zero-order chi connectivity index (χ0) is 12.1. The highest BCUT2D eigenvalue weighted by molar-refractivity contribution is 5.85. The summed E-state index contributed by atoms with van der Waals surface area (Å²) in [7, 11) is 1.67. The number of nitrogens with two attached hydrogens (primary N) is 2. The van der Waals surface area contributed by atoms with Crippen molar-refractivity contribution in [3.63, 3.8) is 0 Å². The van der Waals surface area contributed by atoms with Crippen LogP contribution in [0.25, 0.3) is 0 Å². The summed E-state index contributed by atoms with van der Waals surface area (Å²) < 4.78 is 5.33. The van der Waals surface area contributed by atoms with Gasteiger partial charge in [-0.25, -0.2) is 0 Å². The molecule has 1 rings (SSSR count). The number of hydrogen-bond donors (Lipinski definition) is 2. The van der Waals surface area contributed by atoms with Gasteiger partial charge in [-0.1, -0.05) is 26.0 Å². The molecule has 1 aromatic carbocycles. The Morgan fingerprint density at radius 2 is 1.94 bits per heavy atom. The second-order valence-electron chi connectivity index (χ2n) is 4.34. The molecule has 0 heterocycles. The lowest BCUT2D eigenvalue weighted by molar-refractivity contribution is 0.404. The predicted octanol–water partition coefficient (Wildman–Crippen LogP) is 2.59. The van der Waals surface area contributed by atoms with Gasteiger partial charge in [0.05, 0.1) is 7.11 Å². The number of ether oxygens (including phenoxy) is 1. The van der Waals surface area contributed by atoms with Crippen LogP contribution in [0, 0.1) is 0 Å². The lowest BCUT2D eigenvalue weighted by Crippen LogP contribution is -2.16. The summed E-state index contributed by atoms with van der Waals surface area (Å²) in [6, 6.07) is 6.16. The van der Waals surface area contributed by atoms with Gasteiger partial charge in [0.2, 0.25) is 0 Å². The molecule has 0 bridgehead atoms. The second-order valence-corrected chi connectivity index (χ2v) is 4.34. The van der Waals surface area contributed by atoms with Gasteiger partial charge in [-0.2, -0.15) is 0 Å². The minimum absolute atomic E-state index is 0. The van der Waals surface area contributed by atoms with Gasteiger partial charge in [0.15, 0.2) is 0 Å². The van der Waals surface area contributed by atoms with Gasteiger partial charge in [-0.3, -0.25) is 0 Å². The van der Waals surface area contributed by atoms with Gasteiger partial charge in [0, 0.05) is 11.6 Å². The summed E-state index contributed by atoms with van der Waals surface area (Å²) in [5.41, 5.74) is 14.0. The van der Waals surface area contributed by atoms with Crippen molar-refractivity contribution in [2.75, 3.05) is 13.7 Å². The third kappa shape index (κ3) is 4.19. The number of halogens is 1. The van der Waals surface area contributed by atoms with E-state index in [-0.39, 0.29) is 18.4 Å². The van der Waals surface area contributed by atoms with Crippen LogP contribution in [0.5, 0.6) is 5.75 Å². The molecule has 3 nitrogen and oxygen atoms in total. The molecule has 0 saturated carbocycles. The number of rotatable bonds is 5. The molecule has 0 aromatic heterocycles. The smallest absolute Gasteiger partial charge is 0.123 e. The van der Waals surface area contributed by atoms with Crippen molar-refractivity contribution in [3.05, 3.63) is 29.3 Å². The van der Waals surface area contributed by atoms with Crippen LogP contribution in [0.2, 0.25) is 0 Å². The Morgan fingerprint density at radius 1 is 1.29 bits per heavy atom. The summed E-state index contributed by atoms with van der Waals surface area (Å²) in [6.45, 7) is 4.93. The Morgan fingerprint density at radius 3 is 2.41 bits per heavy atom. The molecular formula is C13H23ClN2O. The summed E-state index contributed by atoms with van der Waals surface area (Å²) in [5.74, 6) is 1.35. The molecule has 0 radical (unpaired) electrons. The fourth-order valence-corrected chi connectivity index (χ4v) is 1.74. The Labute approximate surface area is 110 Å². The molecule has 0 saturated heterocycles. The van der Waals surface area contributed by atoms with Crippen molar-refractivity contribution in [2.45, 2.75) is 32.2 Å². The topological polar surface area (TPSA) is 61.3 Å². The summed E-state index contributed by atoms with van der Waals surface area (Å²) in [4.78, 5) is 0. The summed E-state index contributed by atoms with van der Waals surface area (Å²) >= 11 is 0. The summed E-state index contributed by atoms with van der Waals surface area (Å²) in [6.07, 6.45) is 0.776. The molecular weight excluding hydrogens is 236 g/mol. The molecule has 0 amide bonds. The van der Waals surface area contributed by atoms with E-state index in [2.05, 4.69) is 26.0 Å². The second kappa shape index (κ2) is 7.54. The van der Waals surface area contributed by atoms with Crippen LogP contribution in [-0.2, 0) is 0 Å². The molecule has 0 aliphatic carbocycles. The van der Waals surface area contributed by atoms with E-state index < -0.39 is 0 Å². The molecule has 1 aromatic rings. The SMILES string of the molecule is COc1ccc(C(C)C)cc1[C@@H](N)CCN.Cl. The van der Waals surface area contributed by atoms with Crippen molar-refractivity contribution >= 4 is 12.4 Å². The van der Waals surface area contributed by atoms with Gasteiger partial charge < -0.3 is 16.2 Å². The highest BCUT2D eigenvalue weighted by Gasteiger charge is 2.13. The van der Waals surface area contributed by atoms with Gasteiger partial charge in [0.1, 0.15) is 5.75 Å². The van der Waals surface area contributed by atoms with E-state index in [1.807, 2.05) is 6.07 Å². The van der Waals surface area contributed by atoms with Crippen LogP contribution in [-0.4, -0.2) is 13.7 Å². The van der Waals surface area contributed by atoms with Gasteiger partial charge >= 0.3 is 0 Å². The Kier molecular flexibility index (Phi) is 7.19. The first-order valence-corrected chi connectivity index (χ1v) is 5.73. The lowest BCUT2D eigenvalue weighted by Gasteiger charge is -2.17. The van der Waals surface area contributed by atoms with Crippen molar-refractivity contribution in [3.8, 4) is 5.75 Å². The molecule has 0 spiro atoms. The van der Waals surface area contributed by atoms with E-state index in [1.165, 1.54) is 5.56 Å². The van der Waals surface area contributed by atoms with Crippen LogP contribution in [0.4, 0.5) is 0 Å². The van der Waals surface area contributed by atoms with E-state index in [0.717, 1.165) is 17.7 Å². The monoisotopic (exact) mass is 258 g/mol. The molecule has 0 unspecified atom stereocenters. The average molecular weight is 259 g/mol. The molecule has 1 atom stereocenters. The first-order valence-electron chi connectivity index (χ1n) is 5.73. The zero-order valence-corrected chi connectivity index (χ0v) is 11.6. The van der Waals surface area contributed by atoms with E-state index in [9.17, 15) is 0 Å². The van der Waals surface area contributed by atoms with Crippen molar-refractivity contribution < 1.29 is 4.74 Å². The summed E-state index contributed by atoms with van der Waals surface area (Å²) in [5, 5.41) is 0. The van der Waals surface area contributed by atoms with Crippen molar-refractivity contribution in [1.29, 1.82) is 0 Å².